The number of ether oxygens (including phenoxy) is 1. The number of nitrogens with zero attached hydrogens (tertiary/aromatic N) is 2. The molecule has 1 amide bonds. The maximum atomic E-state index is 11.3. The molecule has 1 N–H and O–H groups in total. The van der Waals surface area contributed by atoms with E-state index in [-0.39, 0.29) is 17.4 Å². The van der Waals surface area contributed by atoms with Gasteiger partial charge in [-0.15, -0.1) is 6.42 Å². The average Bonchev–Trinajstić information content (AvgIpc) is 2.77. The second-order valence-corrected chi connectivity index (χ2v) is 4.36. The summed E-state index contributed by atoms with van der Waals surface area (Å²) in [4.78, 5) is 25.5. The van der Waals surface area contributed by atoms with Gasteiger partial charge in [-0.3, -0.25) is 15.4 Å². The number of hydrogen-bond donors (Lipinski definition) is 1. The summed E-state index contributed by atoms with van der Waals surface area (Å²) in [6, 6.07) is 4.26. The van der Waals surface area contributed by atoms with Crippen LogP contribution < -0.4 is 5.32 Å². The minimum absolute atomic E-state index is 0.0300. The molecule has 2 rings (SSSR count). The first kappa shape index (κ1) is 12.8. The van der Waals surface area contributed by atoms with Crippen LogP contribution in [0, 0.1) is 22.5 Å². The molecule has 7 nitrogen and oxygen atoms in total. The second kappa shape index (κ2) is 5.32. The third-order valence-corrected chi connectivity index (χ3v) is 3.01. The van der Waals surface area contributed by atoms with E-state index in [9.17, 15) is 14.9 Å². The molecule has 0 unspecified atom stereocenters. The molecule has 2 aromatic rings. The molecule has 0 bridgehead atoms. The first-order chi connectivity index (χ1) is 9.10. The lowest BCUT2D eigenvalue weighted by Crippen LogP contribution is -2.13. The van der Waals surface area contributed by atoms with Gasteiger partial charge in [-0.25, -0.2) is 9.78 Å². The Hall–Kier alpha value is -2.66. The van der Waals surface area contributed by atoms with Crippen molar-refractivity contribution in [2.24, 2.45) is 0 Å². The third kappa shape index (κ3) is 2.97. The number of fused-ring (bicyclic) bond motifs is 1. The summed E-state index contributed by atoms with van der Waals surface area (Å²) >= 11 is 1.11. The smallest absolute Gasteiger partial charge is 0.414 e. The number of nitro groups is 1. The van der Waals surface area contributed by atoms with Crippen LogP contribution in [0.2, 0.25) is 0 Å². The van der Waals surface area contributed by atoms with E-state index in [2.05, 4.69) is 21.0 Å². The van der Waals surface area contributed by atoms with Crippen LogP contribution in [0.15, 0.2) is 18.2 Å². The van der Waals surface area contributed by atoms with Crippen LogP contribution in [0.3, 0.4) is 0 Å². The van der Waals surface area contributed by atoms with Gasteiger partial charge < -0.3 is 4.74 Å². The molecule has 0 spiro atoms. The molecule has 0 saturated carbocycles. The number of carbonyl (C=O) groups excluding carboxylic acids is 1. The van der Waals surface area contributed by atoms with Gasteiger partial charge in [0.2, 0.25) is 0 Å². The number of nitro benzene ring substituents is 1. The molecule has 1 aromatic heterocycles. The normalized spacial score (nSPS) is 9.84. The number of non-ortho nitro benzene ring substituents is 1. The van der Waals surface area contributed by atoms with E-state index in [1.165, 1.54) is 18.2 Å². The highest BCUT2D eigenvalue weighted by molar-refractivity contribution is 7.22. The first-order valence-corrected chi connectivity index (χ1v) is 5.84. The summed E-state index contributed by atoms with van der Waals surface area (Å²) in [5, 5.41) is 13.3. The van der Waals surface area contributed by atoms with Crippen LogP contribution >= 0.6 is 11.3 Å². The molecule has 19 heavy (non-hydrogen) atoms. The van der Waals surface area contributed by atoms with E-state index in [1.807, 2.05) is 0 Å². The minimum Gasteiger partial charge on any atom is -0.436 e. The van der Waals surface area contributed by atoms with Gasteiger partial charge >= 0.3 is 6.09 Å². The van der Waals surface area contributed by atoms with Crippen LogP contribution in [0.4, 0.5) is 15.6 Å². The lowest BCUT2D eigenvalue weighted by atomic mass is 10.3. The molecule has 0 fully saturated rings. The Balaban J connectivity index is 2.20. The quantitative estimate of drug-likeness (QED) is 0.528. The zero-order valence-corrected chi connectivity index (χ0v) is 10.3. The topological polar surface area (TPSA) is 94.4 Å². The molecule has 1 heterocycles. The van der Waals surface area contributed by atoms with Crippen molar-refractivity contribution >= 4 is 38.5 Å². The maximum absolute atomic E-state index is 11.3. The van der Waals surface area contributed by atoms with E-state index < -0.39 is 11.0 Å². The number of rotatable bonds is 3. The summed E-state index contributed by atoms with van der Waals surface area (Å²) < 4.78 is 5.22. The van der Waals surface area contributed by atoms with E-state index in [0.717, 1.165) is 11.3 Å². The number of anilines is 1. The summed E-state index contributed by atoms with van der Waals surface area (Å²) in [5.74, 6) is 2.16. The standard InChI is InChI=1S/C11H7N3O4S/c1-2-5-18-11(15)13-10-12-8-4-3-7(14(16)17)6-9(8)19-10/h1,3-4,6H,5H2,(H,12,13,15). The van der Waals surface area contributed by atoms with Crippen molar-refractivity contribution in [1.29, 1.82) is 0 Å². The van der Waals surface area contributed by atoms with Crippen molar-refractivity contribution in [3.8, 4) is 12.3 Å². The molecular weight excluding hydrogens is 270 g/mol. The Morgan fingerprint density at radius 3 is 3.11 bits per heavy atom. The van der Waals surface area contributed by atoms with Crippen molar-refractivity contribution < 1.29 is 14.5 Å². The van der Waals surface area contributed by atoms with Crippen molar-refractivity contribution in [3.05, 3.63) is 28.3 Å². The van der Waals surface area contributed by atoms with Gasteiger partial charge in [0.05, 0.1) is 15.1 Å². The SMILES string of the molecule is C#CCOC(=O)Nc1nc2ccc([N+](=O)[O-])cc2s1. The molecule has 0 aliphatic rings. The van der Waals surface area contributed by atoms with Crippen molar-refractivity contribution in [2.75, 3.05) is 11.9 Å². The van der Waals surface area contributed by atoms with E-state index in [4.69, 9.17) is 6.42 Å². The van der Waals surface area contributed by atoms with E-state index in [1.54, 1.807) is 0 Å². The Morgan fingerprint density at radius 2 is 2.42 bits per heavy atom. The van der Waals surface area contributed by atoms with Gasteiger partial charge in [0.15, 0.2) is 11.7 Å². The number of terminal acetylenes is 1. The monoisotopic (exact) mass is 277 g/mol. The summed E-state index contributed by atoms with van der Waals surface area (Å²) in [7, 11) is 0. The lowest BCUT2D eigenvalue weighted by Gasteiger charge is -1.99. The Morgan fingerprint density at radius 1 is 1.63 bits per heavy atom. The average molecular weight is 277 g/mol. The molecule has 96 valence electrons. The highest BCUT2D eigenvalue weighted by atomic mass is 32.1. The van der Waals surface area contributed by atoms with Gasteiger partial charge in [-0.05, 0) is 6.07 Å². The second-order valence-electron chi connectivity index (χ2n) is 3.33. The maximum Gasteiger partial charge on any atom is 0.414 e. The predicted molar refractivity (Wildman–Crippen MR) is 70.1 cm³/mol. The zero-order chi connectivity index (χ0) is 13.8. The minimum atomic E-state index is -0.716. The van der Waals surface area contributed by atoms with Crippen molar-refractivity contribution in [1.82, 2.24) is 4.98 Å². The summed E-state index contributed by atoms with van der Waals surface area (Å²) in [6.07, 6.45) is 4.23. The van der Waals surface area contributed by atoms with E-state index >= 15 is 0 Å². The number of aromatic nitrogens is 1. The number of hydrogen-bond acceptors (Lipinski definition) is 6. The molecule has 0 atom stereocenters. The fraction of sp³-hybridized carbons (Fsp3) is 0.0909. The number of nitrogens with one attached hydrogen (secondary N) is 1. The fourth-order valence-electron chi connectivity index (χ4n) is 1.31. The van der Waals surface area contributed by atoms with Crippen LogP contribution in [-0.2, 0) is 4.74 Å². The molecule has 0 aliphatic heterocycles. The zero-order valence-electron chi connectivity index (χ0n) is 9.45. The molecular formula is C11H7N3O4S. The van der Waals surface area contributed by atoms with Crippen LogP contribution in [0.5, 0.6) is 0 Å². The van der Waals surface area contributed by atoms with E-state index in [0.29, 0.717) is 10.2 Å². The largest absolute Gasteiger partial charge is 0.436 e. The fourth-order valence-corrected chi connectivity index (χ4v) is 2.20. The number of thiazole rings is 1. The van der Waals surface area contributed by atoms with Gasteiger partial charge in [-0.2, -0.15) is 0 Å². The molecule has 1 aromatic carbocycles. The van der Waals surface area contributed by atoms with Gasteiger partial charge in [0, 0.05) is 12.1 Å². The van der Waals surface area contributed by atoms with Crippen LogP contribution in [0.1, 0.15) is 0 Å². The van der Waals surface area contributed by atoms with Gasteiger partial charge in [-0.1, -0.05) is 17.3 Å². The summed E-state index contributed by atoms with van der Waals surface area (Å²) in [6.45, 7) is -0.137. The lowest BCUT2D eigenvalue weighted by molar-refractivity contribution is -0.384. The van der Waals surface area contributed by atoms with Crippen molar-refractivity contribution in [3.63, 3.8) is 0 Å². The van der Waals surface area contributed by atoms with Gasteiger partial charge in [0.25, 0.3) is 5.69 Å². The van der Waals surface area contributed by atoms with Crippen LogP contribution in [-0.4, -0.2) is 22.6 Å². The highest BCUT2D eigenvalue weighted by Gasteiger charge is 2.12. The Bertz CT molecular complexity index is 689. The highest BCUT2D eigenvalue weighted by Crippen LogP contribution is 2.29. The Labute approximate surface area is 111 Å². The Kier molecular flexibility index (Phi) is 3.58. The molecule has 0 aliphatic carbocycles. The number of benzene rings is 1. The van der Waals surface area contributed by atoms with Crippen molar-refractivity contribution in [2.45, 2.75) is 0 Å². The van der Waals surface area contributed by atoms with Crippen LogP contribution in [0.25, 0.3) is 10.2 Å². The third-order valence-electron chi connectivity index (χ3n) is 2.08. The summed E-state index contributed by atoms with van der Waals surface area (Å²) in [5.41, 5.74) is 0.528. The predicted octanol–water partition coefficient (Wildman–Crippen LogP) is 2.39. The number of carbonyl (C=O) groups is 1. The number of amides is 1. The first-order valence-electron chi connectivity index (χ1n) is 5.02. The molecule has 0 saturated heterocycles. The molecule has 0 radical (unpaired) electrons. The van der Waals surface area contributed by atoms with Gasteiger partial charge in [0.1, 0.15) is 0 Å². The molecule has 8 heteroatoms.